The zero-order chi connectivity index (χ0) is 22.9. The predicted octanol–water partition coefficient (Wildman–Crippen LogP) is 3.56. The molecule has 8 nitrogen and oxygen atoms in total. The molecular weight excluding hydrogens is 412 g/mol. The smallest absolute Gasteiger partial charge is 0.338 e. The molecule has 2 N–H and O–H groups in total. The zero-order valence-electron chi connectivity index (χ0n) is 18.3. The minimum absolute atomic E-state index is 0.175. The summed E-state index contributed by atoms with van der Waals surface area (Å²) in [5.41, 5.74) is 1.16. The van der Waals surface area contributed by atoms with Crippen molar-refractivity contribution in [2.75, 3.05) is 25.1 Å². The number of ether oxygens (including phenoxy) is 3. The molecule has 2 aromatic carbocycles. The van der Waals surface area contributed by atoms with Crippen LogP contribution in [0.1, 0.15) is 53.8 Å². The second-order valence-electron chi connectivity index (χ2n) is 7.40. The molecule has 0 aromatic heterocycles. The van der Waals surface area contributed by atoms with Crippen LogP contribution in [-0.4, -0.2) is 43.6 Å². The third-order valence-electron chi connectivity index (χ3n) is 4.60. The second kappa shape index (κ2) is 11.2. The summed E-state index contributed by atoms with van der Waals surface area (Å²) in [4.78, 5) is 36.8. The Morgan fingerprint density at radius 3 is 2.50 bits per heavy atom. The summed E-state index contributed by atoms with van der Waals surface area (Å²) in [6.45, 7) is 4.32. The van der Waals surface area contributed by atoms with Gasteiger partial charge in [0.1, 0.15) is 0 Å². The molecule has 1 fully saturated rings. The number of hydrogen-bond acceptors (Lipinski definition) is 6. The van der Waals surface area contributed by atoms with Crippen LogP contribution in [0.2, 0.25) is 0 Å². The summed E-state index contributed by atoms with van der Waals surface area (Å²) in [6, 6.07) is 11.6. The van der Waals surface area contributed by atoms with Crippen LogP contribution in [0.5, 0.6) is 11.5 Å². The third-order valence-corrected chi connectivity index (χ3v) is 4.60. The monoisotopic (exact) mass is 440 g/mol. The highest BCUT2D eigenvalue weighted by Crippen LogP contribution is 2.29. The van der Waals surface area contributed by atoms with Gasteiger partial charge in [0.15, 0.2) is 18.1 Å². The fraction of sp³-hybridized carbons (Fsp3) is 0.375. The maximum atomic E-state index is 12.4. The molecule has 0 aliphatic heterocycles. The van der Waals surface area contributed by atoms with Gasteiger partial charge in [-0.1, -0.05) is 13.0 Å². The summed E-state index contributed by atoms with van der Waals surface area (Å²) in [5, 5.41) is 5.53. The molecule has 0 radical (unpaired) electrons. The quantitative estimate of drug-likeness (QED) is 0.518. The lowest BCUT2D eigenvalue weighted by atomic mass is 10.2. The molecule has 0 bridgehead atoms. The van der Waals surface area contributed by atoms with E-state index in [9.17, 15) is 14.4 Å². The Hall–Kier alpha value is -3.55. The fourth-order valence-electron chi connectivity index (χ4n) is 2.88. The molecule has 8 heteroatoms. The Labute approximate surface area is 187 Å². The summed E-state index contributed by atoms with van der Waals surface area (Å²) in [5.74, 6) is -0.340. The van der Waals surface area contributed by atoms with Gasteiger partial charge in [-0.15, -0.1) is 0 Å². The molecule has 0 saturated heterocycles. The Bertz CT molecular complexity index is 971. The Kier molecular flexibility index (Phi) is 8.08. The van der Waals surface area contributed by atoms with Crippen LogP contribution in [0.15, 0.2) is 42.5 Å². The van der Waals surface area contributed by atoms with Crippen LogP contribution in [-0.2, 0) is 9.53 Å². The second-order valence-corrected chi connectivity index (χ2v) is 7.40. The van der Waals surface area contributed by atoms with E-state index in [-0.39, 0.29) is 17.5 Å². The maximum absolute atomic E-state index is 12.4. The van der Waals surface area contributed by atoms with Crippen molar-refractivity contribution >= 4 is 23.5 Å². The largest absolute Gasteiger partial charge is 0.490 e. The van der Waals surface area contributed by atoms with E-state index >= 15 is 0 Å². The SMILES string of the molecule is CCCOc1ccc(C(=O)OCC(=O)Nc2cccc(C(=O)NC3CC3)c2)cc1OCC. The lowest BCUT2D eigenvalue weighted by Gasteiger charge is -2.13. The minimum Gasteiger partial charge on any atom is -0.490 e. The summed E-state index contributed by atoms with van der Waals surface area (Å²) in [7, 11) is 0. The number of anilines is 1. The average Bonchev–Trinajstić information content (AvgIpc) is 3.61. The topological polar surface area (TPSA) is 103 Å². The number of benzene rings is 2. The highest BCUT2D eigenvalue weighted by Gasteiger charge is 2.24. The lowest BCUT2D eigenvalue weighted by molar-refractivity contribution is -0.119. The molecule has 3 rings (SSSR count). The number of esters is 1. The van der Waals surface area contributed by atoms with Crippen LogP contribution >= 0.6 is 0 Å². The number of amides is 2. The Morgan fingerprint density at radius 2 is 1.78 bits per heavy atom. The molecule has 0 unspecified atom stereocenters. The maximum Gasteiger partial charge on any atom is 0.338 e. The van der Waals surface area contributed by atoms with Gasteiger partial charge in [-0.2, -0.15) is 0 Å². The van der Waals surface area contributed by atoms with Gasteiger partial charge in [0.25, 0.3) is 11.8 Å². The standard InChI is InChI=1S/C24H28N2O6/c1-3-12-31-20-11-8-17(14-21(20)30-4-2)24(29)32-15-22(27)25-19-7-5-6-16(13-19)23(28)26-18-9-10-18/h5-8,11,13-14,18H,3-4,9-10,12,15H2,1-2H3,(H,25,27)(H,26,28). The van der Waals surface area contributed by atoms with Crippen LogP contribution in [0.25, 0.3) is 0 Å². The van der Waals surface area contributed by atoms with Crippen LogP contribution in [0.4, 0.5) is 5.69 Å². The van der Waals surface area contributed by atoms with E-state index in [2.05, 4.69) is 10.6 Å². The van der Waals surface area contributed by atoms with E-state index in [0.717, 1.165) is 19.3 Å². The van der Waals surface area contributed by atoms with Gasteiger partial charge in [0.05, 0.1) is 18.8 Å². The van der Waals surface area contributed by atoms with Gasteiger partial charge < -0.3 is 24.8 Å². The van der Waals surface area contributed by atoms with E-state index in [4.69, 9.17) is 14.2 Å². The van der Waals surface area contributed by atoms with Crippen molar-refractivity contribution in [2.45, 2.75) is 39.2 Å². The first-order valence-electron chi connectivity index (χ1n) is 10.8. The number of hydrogen-bond donors (Lipinski definition) is 2. The average molecular weight is 440 g/mol. The molecule has 170 valence electrons. The first kappa shape index (κ1) is 23.1. The summed E-state index contributed by atoms with van der Waals surface area (Å²) >= 11 is 0. The molecule has 0 atom stereocenters. The first-order valence-corrected chi connectivity index (χ1v) is 10.8. The molecule has 1 aliphatic carbocycles. The highest BCUT2D eigenvalue weighted by atomic mass is 16.5. The molecule has 0 heterocycles. The van der Waals surface area contributed by atoms with Gasteiger partial charge in [-0.25, -0.2) is 4.79 Å². The van der Waals surface area contributed by atoms with E-state index in [0.29, 0.717) is 36.0 Å². The van der Waals surface area contributed by atoms with Gasteiger partial charge >= 0.3 is 5.97 Å². The minimum atomic E-state index is -0.652. The predicted molar refractivity (Wildman–Crippen MR) is 119 cm³/mol. The van der Waals surface area contributed by atoms with E-state index in [1.165, 1.54) is 6.07 Å². The molecule has 2 aromatic rings. The molecule has 1 aliphatic rings. The van der Waals surface area contributed by atoms with Crippen LogP contribution in [0.3, 0.4) is 0 Å². The van der Waals surface area contributed by atoms with Crippen molar-refractivity contribution in [1.29, 1.82) is 0 Å². The van der Waals surface area contributed by atoms with Gasteiger partial charge in [0, 0.05) is 17.3 Å². The Morgan fingerprint density at radius 1 is 0.969 bits per heavy atom. The fourth-order valence-corrected chi connectivity index (χ4v) is 2.88. The molecule has 0 spiro atoms. The lowest BCUT2D eigenvalue weighted by Crippen LogP contribution is -2.25. The van der Waals surface area contributed by atoms with Crippen LogP contribution < -0.4 is 20.1 Å². The van der Waals surface area contributed by atoms with Crippen molar-refractivity contribution in [3.05, 3.63) is 53.6 Å². The van der Waals surface area contributed by atoms with Gasteiger partial charge in [-0.3, -0.25) is 9.59 Å². The van der Waals surface area contributed by atoms with Gasteiger partial charge in [0.2, 0.25) is 0 Å². The van der Waals surface area contributed by atoms with Crippen molar-refractivity contribution in [3.63, 3.8) is 0 Å². The van der Waals surface area contributed by atoms with Gasteiger partial charge in [-0.05, 0) is 62.6 Å². The summed E-state index contributed by atoms with van der Waals surface area (Å²) in [6.07, 6.45) is 2.83. The van der Waals surface area contributed by atoms with Crippen LogP contribution in [0, 0.1) is 0 Å². The first-order chi connectivity index (χ1) is 15.5. The number of rotatable bonds is 11. The van der Waals surface area contributed by atoms with Crippen molar-refractivity contribution in [1.82, 2.24) is 5.32 Å². The molecule has 32 heavy (non-hydrogen) atoms. The molecular formula is C24H28N2O6. The number of nitrogens with one attached hydrogen (secondary N) is 2. The van der Waals surface area contributed by atoms with Crippen molar-refractivity contribution < 1.29 is 28.6 Å². The Balaban J connectivity index is 1.54. The van der Waals surface area contributed by atoms with E-state index in [1.54, 1.807) is 36.4 Å². The van der Waals surface area contributed by atoms with Crippen molar-refractivity contribution in [3.8, 4) is 11.5 Å². The summed E-state index contributed by atoms with van der Waals surface area (Å²) < 4.78 is 16.3. The number of carbonyl (C=O) groups excluding carboxylic acids is 3. The normalized spacial score (nSPS) is 12.6. The molecule has 2 amide bonds. The molecule has 1 saturated carbocycles. The third kappa shape index (κ3) is 6.73. The number of carbonyl (C=O) groups is 3. The zero-order valence-corrected chi connectivity index (χ0v) is 18.3. The highest BCUT2D eigenvalue weighted by molar-refractivity contribution is 5.98. The van der Waals surface area contributed by atoms with E-state index in [1.807, 2.05) is 13.8 Å². The van der Waals surface area contributed by atoms with E-state index < -0.39 is 18.5 Å². The van der Waals surface area contributed by atoms with Crippen molar-refractivity contribution in [2.24, 2.45) is 0 Å².